The number of nitrogens with zero attached hydrogens (tertiary/aromatic N) is 2. The molecule has 0 saturated heterocycles. The van der Waals surface area contributed by atoms with Gasteiger partial charge in [-0.2, -0.15) is 0 Å². The minimum atomic E-state index is -3.60. The van der Waals surface area contributed by atoms with E-state index in [1.807, 2.05) is 82.3 Å². The Morgan fingerprint density at radius 3 is 2.17 bits per heavy atom. The van der Waals surface area contributed by atoms with Gasteiger partial charge in [-0.3, -0.25) is 13.9 Å². The normalized spacial score (nSPS) is 12.0. The molecule has 2 amide bonds. The molecule has 0 aliphatic heterocycles. The third-order valence-corrected chi connectivity index (χ3v) is 8.09. The molecule has 0 heterocycles. The zero-order valence-corrected chi connectivity index (χ0v) is 26.1. The molecule has 9 heteroatoms. The molecule has 3 aromatic carbocycles. The van der Waals surface area contributed by atoms with Crippen molar-refractivity contribution >= 4 is 27.5 Å². The van der Waals surface area contributed by atoms with E-state index in [4.69, 9.17) is 4.74 Å². The van der Waals surface area contributed by atoms with Crippen molar-refractivity contribution in [2.75, 3.05) is 23.7 Å². The Labute approximate surface area is 250 Å². The summed E-state index contributed by atoms with van der Waals surface area (Å²) in [5.41, 5.74) is 3.43. The highest BCUT2D eigenvalue weighted by Crippen LogP contribution is 2.23. The lowest BCUT2D eigenvalue weighted by Gasteiger charge is -2.33. The predicted octanol–water partition coefficient (Wildman–Crippen LogP) is 5.10. The topological polar surface area (TPSA) is 96.0 Å². The van der Waals surface area contributed by atoms with Crippen molar-refractivity contribution in [3.05, 3.63) is 95.6 Å². The minimum Gasteiger partial charge on any atom is -0.494 e. The lowest BCUT2D eigenvalue weighted by molar-refractivity contribution is -0.141. The van der Waals surface area contributed by atoms with Gasteiger partial charge in [0, 0.05) is 32.0 Å². The molecule has 0 aromatic heterocycles. The summed E-state index contributed by atoms with van der Waals surface area (Å²) in [5.74, 6) is 0.224. The quantitative estimate of drug-likeness (QED) is 0.264. The summed E-state index contributed by atoms with van der Waals surface area (Å²) >= 11 is 0. The number of sulfonamides is 1. The van der Waals surface area contributed by atoms with Crippen LogP contribution in [0.5, 0.6) is 5.75 Å². The van der Waals surface area contributed by atoms with Crippen molar-refractivity contribution in [3.8, 4) is 5.75 Å². The highest BCUT2D eigenvalue weighted by molar-refractivity contribution is 7.92. The summed E-state index contributed by atoms with van der Waals surface area (Å²) in [4.78, 5) is 29.1. The van der Waals surface area contributed by atoms with Gasteiger partial charge in [0.15, 0.2) is 0 Å². The van der Waals surface area contributed by atoms with Gasteiger partial charge in [-0.15, -0.1) is 0 Å². The van der Waals surface area contributed by atoms with Gasteiger partial charge in [-0.25, -0.2) is 8.42 Å². The van der Waals surface area contributed by atoms with E-state index in [2.05, 4.69) is 5.32 Å². The Morgan fingerprint density at radius 2 is 1.57 bits per heavy atom. The Kier molecular flexibility index (Phi) is 12.0. The SMILES string of the molecule is CCOc1ccc(N(CCCC(=O)N(Cc2ccccc2C)C(Cc2ccccc2)C(=O)NC(C)C)S(C)(=O)=O)cc1. The zero-order chi connectivity index (χ0) is 30.7. The van der Waals surface area contributed by atoms with E-state index in [1.165, 1.54) is 4.31 Å². The van der Waals surface area contributed by atoms with Gasteiger partial charge in [0.25, 0.3) is 0 Å². The van der Waals surface area contributed by atoms with Crippen LogP contribution in [0.3, 0.4) is 0 Å². The largest absolute Gasteiger partial charge is 0.494 e. The second-order valence-corrected chi connectivity index (χ2v) is 12.6. The molecule has 1 unspecified atom stereocenters. The number of carbonyl (C=O) groups is 2. The van der Waals surface area contributed by atoms with E-state index in [9.17, 15) is 18.0 Å². The van der Waals surface area contributed by atoms with Crippen molar-refractivity contribution in [2.45, 2.75) is 65.6 Å². The van der Waals surface area contributed by atoms with Crippen molar-refractivity contribution in [1.29, 1.82) is 0 Å². The van der Waals surface area contributed by atoms with Crippen LogP contribution in [0.2, 0.25) is 0 Å². The Bertz CT molecular complexity index is 1410. The second-order valence-electron chi connectivity index (χ2n) is 10.7. The number of anilines is 1. The summed E-state index contributed by atoms with van der Waals surface area (Å²) in [6, 6.07) is 23.5. The van der Waals surface area contributed by atoms with Gasteiger partial charge < -0.3 is 15.0 Å². The fraction of sp³-hybridized carbons (Fsp3) is 0.394. The standard InChI is InChI=1S/C33H43N3O5S/c1-6-41-30-20-18-29(19-21-30)36(42(5,39)40)22-12-17-32(37)35(24-28-16-11-10-13-26(28)4)31(33(38)34-25(2)3)23-27-14-8-7-9-15-27/h7-11,13-16,18-21,25,31H,6,12,17,22-24H2,1-5H3,(H,34,38). The van der Waals surface area contributed by atoms with Gasteiger partial charge >= 0.3 is 0 Å². The van der Waals surface area contributed by atoms with Gasteiger partial charge in [0.2, 0.25) is 21.8 Å². The van der Waals surface area contributed by atoms with E-state index in [0.717, 1.165) is 22.9 Å². The predicted molar refractivity (Wildman–Crippen MR) is 168 cm³/mol. The van der Waals surface area contributed by atoms with Crippen LogP contribution in [-0.2, 0) is 32.6 Å². The van der Waals surface area contributed by atoms with E-state index in [0.29, 0.717) is 24.5 Å². The number of carbonyl (C=O) groups excluding carboxylic acids is 2. The third kappa shape index (κ3) is 9.62. The van der Waals surface area contributed by atoms with Crippen LogP contribution in [0.25, 0.3) is 0 Å². The number of amides is 2. The van der Waals surface area contributed by atoms with Crippen molar-refractivity contribution < 1.29 is 22.7 Å². The summed E-state index contributed by atoms with van der Waals surface area (Å²) in [7, 11) is -3.60. The lowest BCUT2D eigenvalue weighted by Crippen LogP contribution is -2.52. The summed E-state index contributed by atoms with van der Waals surface area (Å²) < 4.78 is 32.1. The van der Waals surface area contributed by atoms with Crippen molar-refractivity contribution in [1.82, 2.24) is 10.2 Å². The molecule has 0 fully saturated rings. The third-order valence-electron chi connectivity index (χ3n) is 6.89. The molecule has 226 valence electrons. The summed E-state index contributed by atoms with van der Waals surface area (Å²) in [6.45, 7) is 8.56. The smallest absolute Gasteiger partial charge is 0.243 e. The minimum absolute atomic E-state index is 0.0786. The monoisotopic (exact) mass is 593 g/mol. The molecule has 8 nitrogen and oxygen atoms in total. The average Bonchev–Trinajstić information content (AvgIpc) is 2.94. The number of nitrogens with one attached hydrogen (secondary N) is 1. The van der Waals surface area contributed by atoms with E-state index in [1.54, 1.807) is 29.2 Å². The van der Waals surface area contributed by atoms with E-state index < -0.39 is 16.1 Å². The van der Waals surface area contributed by atoms with Gasteiger partial charge in [-0.1, -0.05) is 54.6 Å². The second kappa shape index (κ2) is 15.4. The average molecular weight is 594 g/mol. The van der Waals surface area contributed by atoms with Crippen LogP contribution in [0, 0.1) is 6.92 Å². The fourth-order valence-corrected chi connectivity index (χ4v) is 5.75. The first-order valence-corrected chi connectivity index (χ1v) is 16.2. The number of ether oxygens (including phenoxy) is 1. The molecule has 0 radical (unpaired) electrons. The molecule has 0 spiro atoms. The Morgan fingerprint density at radius 1 is 0.929 bits per heavy atom. The molecule has 1 N–H and O–H groups in total. The fourth-order valence-electron chi connectivity index (χ4n) is 4.78. The molecule has 3 aromatic rings. The Hall–Kier alpha value is -3.85. The van der Waals surface area contributed by atoms with Crippen molar-refractivity contribution in [2.24, 2.45) is 0 Å². The molecule has 1 atom stereocenters. The maximum Gasteiger partial charge on any atom is 0.243 e. The highest BCUT2D eigenvalue weighted by atomic mass is 32.2. The molecule has 42 heavy (non-hydrogen) atoms. The van der Waals surface area contributed by atoms with Crippen molar-refractivity contribution in [3.63, 3.8) is 0 Å². The van der Waals surface area contributed by atoms with Crippen LogP contribution in [0.4, 0.5) is 5.69 Å². The van der Waals surface area contributed by atoms with Crippen LogP contribution in [0.1, 0.15) is 50.3 Å². The van der Waals surface area contributed by atoms with Gasteiger partial charge in [0.05, 0.1) is 18.6 Å². The van der Waals surface area contributed by atoms with E-state index in [-0.39, 0.29) is 43.8 Å². The molecule has 3 rings (SSSR count). The zero-order valence-electron chi connectivity index (χ0n) is 25.2. The van der Waals surface area contributed by atoms with Crippen LogP contribution >= 0.6 is 0 Å². The van der Waals surface area contributed by atoms with Gasteiger partial charge in [0.1, 0.15) is 11.8 Å². The summed E-state index contributed by atoms with van der Waals surface area (Å²) in [5, 5.41) is 3.00. The van der Waals surface area contributed by atoms with Crippen LogP contribution < -0.4 is 14.4 Å². The number of aryl methyl sites for hydroxylation is 1. The van der Waals surface area contributed by atoms with Crippen LogP contribution in [-0.4, -0.2) is 56.6 Å². The molecular formula is C33H43N3O5S. The number of hydrogen-bond acceptors (Lipinski definition) is 5. The highest BCUT2D eigenvalue weighted by Gasteiger charge is 2.31. The summed E-state index contributed by atoms with van der Waals surface area (Å²) in [6.07, 6.45) is 1.88. The Balaban J connectivity index is 1.87. The first-order chi connectivity index (χ1) is 20.0. The number of hydrogen-bond donors (Lipinski definition) is 1. The number of benzene rings is 3. The molecule has 0 saturated carbocycles. The van der Waals surface area contributed by atoms with E-state index >= 15 is 0 Å². The molecule has 0 aliphatic carbocycles. The lowest BCUT2D eigenvalue weighted by atomic mass is 10.0. The molecule has 0 bridgehead atoms. The first-order valence-electron chi connectivity index (χ1n) is 14.4. The number of rotatable bonds is 15. The van der Waals surface area contributed by atoms with Gasteiger partial charge in [-0.05, 0) is 75.1 Å². The molecular weight excluding hydrogens is 550 g/mol. The molecule has 0 aliphatic rings. The van der Waals surface area contributed by atoms with Crippen LogP contribution in [0.15, 0.2) is 78.9 Å². The maximum atomic E-state index is 13.9. The first kappa shape index (κ1) is 32.7. The maximum absolute atomic E-state index is 13.9.